The van der Waals surface area contributed by atoms with E-state index in [9.17, 15) is 0 Å². The highest BCUT2D eigenvalue weighted by atomic mass is 16.5. The molecule has 1 aromatic heterocycles. The molecular formula is C13H18N4O. The molecule has 3 N–H and O–H groups in total. The topological polar surface area (TPSA) is 65.1 Å². The molecule has 0 aliphatic carbocycles. The third-order valence-corrected chi connectivity index (χ3v) is 2.80. The van der Waals surface area contributed by atoms with E-state index < -0.39 is 0 Å². The van der Waals surface area contributed by atoms with Crippen LogP contribution in [0.5, 0.6) is 5.75 Å². The Hall–Kier alpha value is -2.01. The number of nitrogens with zero attached hydrogens (tertiary/aromatic N) is 2. The van der Waals surface area contributed by atoms with Gasteiger partial charge in [-0.05, 0) is 12.1 Å². The van der Waals surface area contributed by atoms with Crippen molar-refractivity contribution in [2.24, 2.45) is 12.8 Å². The summed E-state index contributed by atoms with van der Waals surface area (Å²) < 4.78 is 7.07. The number of ether oxygens (including phenoxy) is 1. The van der Waals surface area contributed by atoms with Gasteiger partial charge in [0.2, 0.25) is 0 Å². The van der Waals surface area contributed by atoms with Gasteiger partial charge in [-0.1, -0.05) is 12.1 Å². The molecule has 1 atom stereocenters. The molecule has 0 aliphatic heterocycles. The molecule has 0 saturated heterocycles. The molecule has 1 unspecified atom stereocenters. The van der Waals surface area contributed by atoms with Crippen LogP contribution in [0.15, 0.2) is 36.7 Å². The van der Waals surface area contributed by atoms with Gasteiger partial charge in [-0.2, -0.15) is 5.10 Å². The minimum absolute atomic E-state index is 0.0231. The first-order valence-electron chi connectivity index (χ1n) is 5.82. The molecule has 2 aromatic rings. The Morgan fingerprint density at radius 1 is 1.44 bits per heavy atom. The third-order valence-electron chi connectivity index (χ3n) is 2.80. The van der Waals surface area contributed by atoms with Gasteiger partial charge in [-0.15, -0.1) is 0 Å². The van der Waals surface area contributed by atoms with Crippen molar-refractivity contribution >= 4 is 5.69 Å². The first-order valence-corrected chi connectivity index (χ1v) is 5.82. The predicted molar refractivity (Wildman–Crippen MR) is 71.6 cm³/mol. The molecule has 0 saturated carbocycles. The zero-order valence-electron chi connectivity index (χ0n) is 10.6. The van der Waals surface area contributed by atoms with Crippen molar-refractivity contribution < 1.29 is 4.74 Å². The SMILES string of the molecule is COc1ccccc1NC(CN)c1cnn(C)c1. The van der Waals surface area contributed by atoms with Crippen molar-refractivity contribution in [1.29, 1.82) is 0 Å². The fraction of sp³-hybridized carbons (Fsp3) is 0.308. The van der Waals surface area contributed by atoms with Crippen LogP contribution in [0.4, 0.5) is 5.69 Å². The highest BCUT2D eigenvalue weighted by molar-refractivity contribution is 5.57. The monoisotopic (exact) mass is 246 g/mol. The van der Waals surface area contributed by atoms with Crippen LogP contribution in [0.2, 0.25) is 0 Å². The maximum atomic E-state index is 5.81. The number of nitrogens with one attached hydrogen (secondary N) is 1. The molecule has 0 amide bonds. The number of anilines is 1. The summed E-state index contributed by atoms with van der Waals surface area (Å²) >= 11 is 0. The molecule has 1 heterocycles. The van der Waals surface area contributed by atoms with E-state index in [2.05, 4.69) is 10.4 Å². The standard InChI is InChI=1S/C13H18N4O/c1-17-9-10(8-15-17)12(7-14)16-11-5-3-4-6-13(11)18-2/h3-6,8-9,12,16H,7,14H2,1-2H3. The molecular weight excluding hydrogens is 228 g/mol. The minimum atomic E-state index is 0.0231. The van der Waals surface area contributed by atoms with Gasteiger partial charge in [-0.25, -0.2) is 0 Å². The first-order chi connectivity index (χ1) is 8.74. The Balaban J connectivity index is 2.20. The fourth-order valence-corrected chi connectivity index (χ4v) is 1.85. The smallest absolute Gasteiger partial charge is 0.141 e. The molecule has 1 aromatic carbocycles. The average Bonchev–Trinajstić information content (AvgIpc) is 2.83. The van der Waals surface area contributed by atoms with Crippen molar-refractivity contribution in [2.45, 2.75) is 6.04 Å². The third kappa shape index (κ3) is 2.62. The van der Waals surface area contributed by atoms with E-state index in [4.69, 9.17) is 10.5 Å². The lowest BCUT2D eigenvalue weighted by atomic mass is 10.1. The Labute approximate surface area is 107 Å². The molecule has 0 aliphatic rings. The van der Waals surface area contributed by atoms with Gasteiger partial charge >= 0.3 is 0 Å². The van der Waals surface area contributed by atoms with Crippen molar-refractivity contribution in [3.63, 3.8) is 0 Å². The van der Waals surface area contributed by atoms with Crippen LogP contribution < -0.4 is 15.8 Å². The molecule has 0 spiro atoms. The molecule has 2 rings (SSSR count). The normalized spacial score (nSPS) is 12.2. The lowest BCUT2D eigenvalue weighted by Gasteiger charge is -2.18. The summed E-state index contributed by atoms with van der Waals surface area (Å²) in [4.78, 5) is 0. The average molecular weight is 246 g/mol. The summed E-state index contributed by atoms with van der Waals surface area (Å²) in [7, 11) is 3.54. The van der Waals surface area contributed by atoms with Gasteiger partial charge in [0.1, 0.15) is 5.75 Å². The van der Waals surface area contributed by atoms with Crippen molar-refractivity contribution in [1.82, 2.24) is 9.78 Å². The maximum Gasteiger partial charge on any atom is 0.141 e. The molecule has 5 nitrogen and oxygen atoms in total. The second-order valence-electron chi connectivity index (χ2n) is 4.08. The second kappa shape index (κ2) is 5.55. The fourth-order valence-electron chi connectivity index (χ4n) is 1.85. The molecule has 18 heavy (non-hydrogen) atoms. The number of aromatic nitrogens is 2. The lowest BCUT2D eigenvalue weighted by molar-refractivity contribution is 0.416. The second-order valence-corrected chi connectivity index (χ2v) is 4.08. The number of rotatable bonds is 5. The number of hydrogen-bond donors (Lipinski definition) is 2. The van der Waals surface area contributed by atoms with Gasteiger partial charge in [0.25, 0.3) is 0 Å². The summed E-state index contributed by atoms with van der Waals surface area (Å²) in [5, 5.41) is 7.53. The van der Waals surface area contributed by atoms with Crippen molar-refractivity contribution in [2.75, 3.05) is 19.0 Å². The van der Waals surface area contributed by atoms with E-state index >= 15 is 0 Å². The van der Waals surface area contributed by atoms with E-state index in [0.717, 1.165) is 17.0 Å². The highest BCUT2D eigenvalue weighted by Gasteiger charge is 2.13. The predicted octanol–water partition coefficient (Wildman–Crippen LogP) is 1.54. The van der Waals surface area contributed by atoms with Crippen LogP contribution in [0, 0.1) is 0 Å². The number of para-hydroxylation sites is 2. The van der Waals surface area contributed by atoms with Gasteiger partial charge in [0.15, 0.2) is 0 Å². The highest BCUT2D eigenvalue weighted by Crippen LogP contribution is 2.27. The Bertz CT molecular complexity index is 509. The maximum absolute atomic E-state index is 5.81. The summed E-state index contributed by atoms with van der Waals surface area (Å²) in [6.07, 6.45) is 3.78. The number of benzene rings is 1. The molecule has 0 fully saturated rings. The Kier molecular flexibility index (Phi) is 3.84. The zero-order valence-corrected chi connectivity index (χ0v) is 10.6. The van der Waals surface area contributed by atoms with Gasteiger partial charge < -0.3 is 15.8 Å². The molecule has 5 heteroatoms. The van der Waals surface area contributed by atoms with Crippen LogP contribution in [-0.2, 0) is 7.05 Å². The minimum Gasteiger partial charge on any atom is -0.495 e. The van der Waals surface area contributed by atoms with Crippen LogP contribution in [-0.4, -0.2) is 23.4 Å². The zero-order chi connectivity index (χ0) is 13.0. The summed E-state index contributed by atoms with van der Waals surface area (Å²) in [6, 6.07) is 7.81. The Morgan fingerprint density at radius 2 is 2.22 bits per heavy atom. The van der Waals surface area contributed by atoms with Gasteiger partial charge in [0, 0.05) is 25.4 Å². The Morgan fingerprint density at radius 3 is 2.83 bits per heavy atom. The molecule has 96 valence electrons. The van der Waals surface area contributed by atoms with E-state index in [1.165, 1.54) is 0 Å². The molecule has 0 radical (unpaired) electrons. The first kappa shape index (κ1) is 12.4. The lowest BCUT2D eigenvalue weighted by Crippen LogP contribution is -2.20. The van der Waals surface area contributed by atoms with E-state index in [-0.39, 0.29) is 6.04 Å². The number of nitrogens with two attached hydrogens (primary N) is 1. The van der Waals surface area contributed by atoms with E-state index in [0.29, 0.717) is 6.54 Å². The number of hydrogen-bond acceptors (Lipinski definition) is 4. The van der Waals surface area contributed by atoms with Gasteiger partial charge in [-0.3, -0.25) is 4.68 Å². The quantitative estimate of drug-likeness (QED) is 0.840. The van der Waals surface area contributed by atoms with Crippen LogP contribution in [0.25, 0.3) is 0 Å². The summed E-state index contributed by atoms with van der Waals surface area (Å²) in [5.74, 6) is 0.805. The van der Waals surface area contributed by atoms with Crippen LogP contribution >= 0.6 is 0 Å². The summed E-state index contributed by atoms with van der Waals surface area (Å²) in [6.45, 7) is 0.490. The van der Waals surface area contributed by atoms with Crippen molar-refractivity contribution in [3.05, 3.63) is 42.2 Å². The largest absolute Gasteiger partial charge is 0.495 e. The van der Waals surface area contributed by atoms with Gasteiger partial charge in [0.05, 0.1) is 25.0 Å². The molecule has 0 bridgehead atoms. The van der Waals surface area contributed by atoms with E-state index in [1.807, 2.05) is 43.7 Å². The summed E-state index contributed by atoms with van der Waals surface area (Å²) in [5.41, 5.74) is 7.80. The number of aryl methyl sites for hydroxylation is 1. The number of methoxy groups -OCH3 is 1. The van der Waals surface area contributed by atoms with E-state index in [1.54, 1.807) is 11.8 Å². The van der Waals surface area contributed by atoms with Crippen LogP contribution in [0.3, 0.4) is 0 Å². The van der Waals surface area contributed by atoms with Crippen LogP contribution in [0.1, 0.15) is 11.6 Å². The van der Waals surface area contributed by atoms with Crippen molar-refractivity contribution in [3.8, 4) is 5.75 Å².